The molecule has 3 aromatic rings. The summed E-state index contributed by atoms with van der Waals surface area (Å²) in [5.74, 6) is 0.979. The van der Waals surface area contributed by atoms with Crippen LogP contribution in [0.5, 0.6) is 0 Å². The Morgan fingerprint density at radius 1 is 1.30 bits per heavy atom. The van der Waals surface area contributed by atoms with E-state index in [-0.39, 0.29) is 24.3 Å². The van der Waals surface area contributed by atoms with Gasteiger partial charge in [0.25, 0.3) is 5.89 Å². The van der Waals surface area contributed by atoms with Gasteiger partial charge in [-0.2, -0.15) is 4.98 Å². The van der Waals surface area contributed by atoms with Crippen LogP contribution < -0.4 is 5.32 Å². The molecule has 1 aromatic carbocycles. The van der Waals surface area contributed by atoms with E-state index < -0.39 is 0 Å². The Labute approximate surface area is 167 Å². The SMILES string of the molecule is Cc1nc(Cc2ccc(F)cc2)sc1-c1nc(C2CNCCN2C)no1.Cl. The zero-order valence-corrected chi connectivity index (χ0v) is 16.7. The zero-order chi connectivity index (χ0) is 18.1. The van der Waals surface area contributed by atoms with Gasteiger partial charge in [-0.3, -0.25) is 4.90 Å². The van der Waals surface area contributed by atoms with Gasteiger partial charge < -0.3 is 9.84 Å². The molecule has 27 heavy (non-hydrogen) atoms. The maximum absolute atomic E-state index is 13.0. The van der Waals surface area contributed by atoms with Crippen LogP contribution in [0, 0.1) is 12.7 Å². The predicted octanol–water partition coefficient (Wildman–Crippen LogP) is 3.23. The van der Waals surface area contributed by atoms with Crippen LogP contribution in [0.15, 0.2) is 28.8 Å². The van der Waals surface area contributed by atoms with E-state index in [1.807, 2.05) is 6.92 Å². The molecule has 1 N–H and O–H groups in total. The fourth-order valence-corrected chi connectivity index (χ4v) is 4.08. The molecule has 0 bridgehead atoms. The van der Waals surface area contributed by atoms with Crippen molar-refractivity contribution in [2.45, 2.75) is 19.4 Å². The molecule has 9 heteroatoms. The first-order valence-electron chi connectivity index (χ1n) is 8.56. The van der Waals surface area contributed by atoms with Crippen molar-refractivity contribution < 1.29 is 8.91 Å². The third-order valence-corrected chi connectivity index (χ3v) is 5.70. The molecule has 0 amide bonds. The number of piperazine rings is 1. The first kappa shape index (κ1) is 19.9. The van der Waals surface area contributed by atoms with Crippen molar-refractivity contribution in [3.05, 3.63) is 52.2 Å². The van der Waals surface area contributed by atoms with Crippen molar-refractivity contribution in [1.29, 1.82) is 0 Å². The average Bonchev–Trinajstić information content (AvgIpc) is 3.24. The number of rotatable bonds is 4. The minimum atomic E-state index is -0.231. The van der Waals surface area contributed by atoms with E-state index >= 15 is 0 Å². The third-order valence-electron chi connectivity index (χ3n) is 4.55. The van der Waals surface area contributed by atoms with Crippen LogP contribution in [0.2, 0.25) is 0 Å². The van der Waals surface area contributed by atoms with Gasteiger partial charge >= 0.3 is 0 Å². The van der Waals surface area contributed by atoms with Crippen LogP contribution in [0.25, 0.3) is 10.8 Å². The number of nitrogens with one attached hydrogen (secondary N) is 1. The van der Waals surface area contributed by atoms with E-state index in [0.29, 0.717) is 18.1 Å². The lowest BCUT2D eigenvalue weighted by molar-refractivity contribution is 0.190. The van der Waals surface area contributed by atoms with Crippen molar-refractivity contribution in [3.8, 4) is 10.8 Å². The lowest BCUT2D eigenvalue weighted by Crippen LogP contribution is -2.44. The molecular formula is C18H21ClFN5OS. The molecule has 1 aliphatic heterocycles. The number of likely N-dealkylation sites (N-methyl/N-ethyl adjacent to an activating group) is 1. The maximum Gasteiger partial charge on any atom is 0.269 e. The quantitative estimate of drug-likeness (QED) is 0.713. The van der Waals surface area contributed by atoms with Crippen LogP contribution in [0.3, 0.4) is 0 Å². The van der Waals surface area contributed by atoms with Gasteiger partial charge in [0, 0.05) is 26.1 Å². The molecule has 0 saturated carbocycles. The maximum atomic E-state index is 13.0. The fourth-order valence-electron chi connectivity index (χ4n) is 3.06. The summed E-state index contributed by atoms with van der Waals surface area (Å²) in [6.07, 6.45) is 0.655. The van der Waals surface area contributed by atoms with Gasteiger partial charge in [-0.25, -0.2) is 9.37 Å². The van der Waals surface area contributed by atoms with Crippen LogP contribution in [0.1, 0.15) is 28.1 Å². The van der Waals surface area contributed by atoms with Crippen molar-refractivity contribution in [2.75, 3.05) is 26.7 Å². The van der Waals surface area contributed by atoms with Crippen molar-refractivity contribution >= 4 is 23.7 Å². The lowest BCUT2D eigenvalue weighted by atomic mass is 10.1. The standard InChI is InChI=1S/C18H20FN5OS.ClH/c1-11-16(26-15(21-11)9-12-3-5-13(19)6-4-12)18-22-17(23-25-18)14-10-20-7-8-24(14)2;/h3-6,14,20H,7-10H2,1-2H3;1H. The number of thiazole rings is 1. The molecule has 0 aliphatic carbocycles. The summed E-state index contributed by atoms with van der Waals surface area (Å²) < 4.78 is 18.6. The van der Waals surface area contributed by atoms with E-state index in [2.05, 4.69) is 32.4 Å². The molecule has 1 saturated heterocycles. The van der Waals surface area contributed by atoms with Gasteiger partial charge in [-0.15, -0.1) is 23.7 Å². The highest BCUT2D eigenvalue weighted by Crippen LogP contribution is 2.31. The molecule has 1 fully saturated rings. The summed E-state index contributed by atoms with van der Waals surface area (Å²) in [5.41, 5.74) is 1.89. The Bertz CT molecular complexity index is 898. The summed E-state index contributed by atoms with van der Waals surface area (Å²) >= 11 is 1.54. The topological polar surface area (TPSA) is 67.1 Å². The molecule has 0 radical (unpaired) electrons. The van der Waals surface area contributed by atoms with Crippen LogP contribution in [-0.2, 0) is 6.42 Å². The Balaban J connectivity index is 0.00000210. The first-order valence-corrected chi connectivity index (χ1v) is 9.37. The van der Waals surface area contributed by atoms with E-state index in [9.17, 15) is 4.39 Å². The van der Waals surface area contributed by atoms with Crippen molar-refractivity contribution in [2.24, 2.45) is 0 Å². The molecule has 2 aromatic heterocycles. The molecule has 6 nitrogen and oxygen atoms in total. The number of hydrogen-bond acceptors (Lipinski definition) is 7. The number of benzene rings is 1. The van der Waals surface area contributed by atoms with E-state index in [4.69, 9.17) is 4.52 Å². The zero-order valence-electron chi connectivity index (χ0n) is 15.1. The second kappa shape index (κ2) is 8.43. The molecular weight excluding hydrogens is 389 g/mol. The fraction of sp³-hybridized carbons (Fsp3) is 0.389. The second-order valence-electron chi connectivity index (χ2n) is 6.48. The van der Waals surface area contributed by atoms with Gasteiger partial charge in [-0.1, -0.05) is 17.3 Å². The first-order chi connectivity index (χ1) is 12.6. The minimum Gasteiger partial charge on any atom is -0.333 e. The summed E-state index contributed by atoms with van der Waals surface area (Å²) in [7, 11) is 2.07. The molecule has 4 rings (SSSR count). The number of aromatic nitrogens is 3. The summed E-state index contributed by atoms with van der Waals surface area (Å²) in [4.78, 5) is 12.3. The van der Waals surface area contributed by atoms with Crippen LogP contribution >= 0.6 is 23.7 Å². The van der Waals surface area contributed by atoms with Crippen LogP contribution in [0.4, 0.5) is 4.39 Å². The third kappa shape index (κ3) is 4.35. The van der Waals surface area contributed by atoms with Crippen molar-refractivity contribution in [1.82, 2.24) is 25.3 Å². The Hall–Kier alpha value is -1.87. The number of halogens is 2. The van der Waals surface area contributed by atoms with Crippen molar-refractivity contribution in [3.63, 3.8) is 0 Å². The number of hydrogen-bond donors (Lipinski definition) is 1. The van der Waals surface area contributed by atoms with Gasteiger partial charge in [0.1, 0.15) is 10.7 Å². The number of nitrogens with zero attached hydrogens (tertiary/aromatic N) is 4. The number of aryl methyl sites for hydroxylation is 1. The Morgan fingerprint density at radius 2 is 2.07 bits per heavy atom. The summed E-state index contributed by atoms with van der Waals surface area (Å²) in [6.45, 7) is 4.68. The van der Waals surface area contributed by atoms with Gasteiger partial charge in [0.15, 0.2) is 5.82 Å². The normalized spacial score (nSPS) is 17.7. The van der Waals surface area contributed by atoms with Gasteiger partial charge in [0.05, 0.1) is 16.7 Å². The van der Waals surface area contributed by atoms with E-state index in [0.717, 1.165) is 40.8 Å². The monoisotopic (exact) mass is 409 g/mol. The molecule has 1 aliphatic rings. The Kier molecular flexibility index (Phi) is 6.21. The minimum absolute atomic E-state index is 0. The highest BCUT2D eigenvalue weighted by atomic mass is 35.5. The predicted molar refractivity (Wildman–Crippen MR) is 105 cm³/mol. The molecule has 3 heterocycles. The average molecular weight is 410 g/mol. The molecule has 144 valence electrons. The molecule has 1 atom stereocenters. The molecule has 0 spiro atoms. The summed E-state index contributed by atoms with van der Waals surface area (Å²) in [6, 6.07) is 6.62. The highest BCUT2D eigenvalue weighted by molar-refractivity contribution is 7.15. The lowest BCUT2D eigenvalue weighted by Gasteiger charge is -2.30. The summed E-state index contributed by atoms with van der Waals surface area (Å²) in [5, 5.41) is 8.48. The van der Waals surface area contributed by atoms with Crippen LogP contribution in [-0.4, -0.2) is 46.7 Å². The van der Waals surface area contributed by atoms with E-state index in [1.165, 1.54) is 12.1 Å². The van der Waals surface area contributed by atoms with Gasteiger partial charge in [0.2, 0.25) is 0 Å². The highest BCUT2D eigenvalue weighted by Gasteiger charge is 2.26. The van der Waals surface area contributed by atoms with E-state index in [1.54, 1.807) is 23.5 Å². The molecule has 1 unspecified atom stereocenters. The largest absolute Gasteiger partial charge is 0.333 e. The van der Waals surface area contributed by atoms with Gasteiger partial charge in [-0.05, 0) is 31.7 Å². The Morgan fingerprint density at radius 3 is 2.81 bits per heavy atom. The second-order valence-corrected chi connectivity index (χ2v) is 7.57. The smallest absolute Gasteiger partial charge is 0.269 e.